The number of urea groups is 1. The summed E-state index contributed by atoms with van der Waals surface area (Å²) < 4.78 is 0. The fraction of sp³-hybridized carbons (Fsp3) is 0.107. The number of aromatic nitrogens is 1. The van der Waals surface area contributed by atoms with E-state index in [0.29, 0.717) is 22.5 Å². The van der Waals surface area contributed by atoms with Crippen molar-refractivity contribution in [2.75, 3.05) is 5.32 Å². The van der Waals surface area contributed by atoms with Gasteiger partial charge in [0.2, 0.25) is 0 Å². The summed E-state index contributed by atoms with van der Waals surface area (Å²) in [6.07, 6.45) is 3.45. The lowest BCUT2D eigenvalue weighted by atomic mass is 9.97. The molecule has 1 atom stereocenters. The zero-order chi connectivity index (χ0) is 23.9. The molecule has 0 spiro atoms. The first-order valence-corrected chi connectivity index (χ1v) is 11.0. The second-order valence-electron chi connectivity index (χ2n) is 8.08. The third-order valence-electron chi connectivity index (χ3n) is 5.56. The first-order chi connectivity index (χ1) is 16.5. The number of nitrogens with zero attached hydrogens (tertiary/aromatic N) is 1. The number of rotatable bonds is 7. The van der Waals surface area contributed by atoms with Gasteiger partial charge in [-0.05, 0) is 42.3 Å². The fourth-order valence-corrected chi connectivity index (χ4v) is 3.70. The minimum absolute atomic E-state index is 0.0641. The summed E-state index contributed by atoms with van der Waals surface area (Å²) in [5.41, 5.74) is 5.53. The normalized spacial score (nSPS) is 11.4. The first-order valence-electron chi connectivity index (χ1n) is 11.0. The summed E-state index contributed by atoms with van der Waals surface area (Å²) in [6, 6.07) is 25.2. The number of phenolic OH excluding ortho intramolecular Hbond substituents is 1. The number of anilines is 1. The van der Waals surface area contributed by atoms with E-state index < -0.39 is 12.1 Å². The predicted octanol–water partition coefficient (Wildman–Crippen LogP) is 6.08. The van der Waals surface area contributed by atoms with Gasteiger partial charge in [0, 0.05) is 41.3 Å². The third-order valence-corrected chi connectivity index (χ3v) is 5.56. The Labute approximate surface area is 198 Å². The Kier molecular flexibility index (Phi) is 6.98. The molecule has 0 fully saturated rings. The molecule has 1 aromatic heterocycles. The number of pyridine rings is 1. The molecule has 0 bridgehead atoms. The Bertz CT molecular complexity index is 1270. The zero-order valence-electron chi connectivity index (χ0n) is 18.8. The van der Waals surface area contributed by atoms with Crippen LogP contribution in [0.3, 0.4) is 0 Å². The monoisotopic (exact) mass is 450 g/mol. The van der Waals surface area contributed by atoms with Gasteiger partial charge in [0.15, 0.2) is 0 Å². The van der Waals surface area contributed by atoms with Crippen LogP contribution >= 0.6 is 0 Å². The smallest absolute Gasteiger partial charge is 0.319 e. The highest BCUT2D eigenvalue weighted by molar-refractivity contribution is 5.99. The van der Waals surface area contributed by atoms with E-state index in [9.17, 15) is 9.90 Å². The molecule has 4 aromatic rings. The molecule has 4 rings (SSSR count). The molecule has 0 radical (unpaired) electrons. The molecule has 1 unspecified atom stereocenters. The van der Waals surface area contributed by atoms with Crippen molar-refractivity contribution in [2.24, 2.45) is 0 Å². The Morgan fingerprint density at radius 1 is 0.941 bits per heavy atom. The molecule has 0 saturated carbocycles. The summed E-state index contributed by atoms with van der Waals surface area (Å²) >= 11 is 0. The minimum Gasteiger partial charge on any atom is -0.508 e. The third kappa shape index (κ3) is 5.66. The molecule has 34 heavy (non-hydrogen) atoms. The molecule has 0 aliphatic heterocycles. The van der Waals surface area contributed by atoms with Crippen LogP contribution in [0, 0.1) is 12.3 Å². The highest BCUT2D eigenvalue weighted by Crippen LogP contribution is 2.28. The Balaban J connectivity index is 1.47. The van der Waals surface area contributed by atoms with Gasteiger partial charge in [-0.15, -0.1) is 0 Å². The predicted molar refractivity (Wildman–Crippen MR) is 135 cm³/mol. The summed E-state index contributed by atoms with van der Waals surface area (Å²) in [5, 5.41) is 24.6. The van der Waals surface area contributed by atoms with Crippen LogP contribution in [0.5, 0.6) is 5.75 Å². The second kappa shape index (κ2) is 10.4. The lowest BCUT2D eigenvalue weighted by molar-refractivity contribution is 0.248. The Morgan fingerprint density at radius 3 is 2.26 bits per heavy atom. The standard InChI is InChI=1S/C28H26N4O2/c1-19-8-10-20(11-9-19)21-12-14-23(15-13-21)31-28(34)32-26(24-6-2-3-7-27(24)33)17-25(29)22-5-4-16-30-18-22/h2-16,18,26,29,33H,17H2,1H3,(H2,31,32,34). The van der Waals surface area contributed by atoms with Crippen LogP contribution < -0.4 is 10.6 Å². The van der Waals surface area contributed by atoms with Gasteiger partial charge >= 0.3 is 6.03 Å². The van der Waals surface area contributed by atoms with Crippen LogP contribution in [0.15, 0.2) is 97.3 Å². The van der Waals surface area contributed by atoms with Crippen LogP contribution in [-0.4, -0.2) is 21.8 Å². The maximum Gasteiger partial charge on any atom is 0.319 e. The van der Waals surface area contributed by atoms with Gasteiger partial charge < -0.3 is 21.1 Å². The molecule has 6 nitrogen and oxygen atoms in total. The maximum absolute atomic E-state index is 12.8. The number of benzene rings is 3. The number of phenols is 1. The summed E-state index contributed by atoms with van der Waals surface area (Å²) in [5.74, 6) is 0.0641. The van der Waals surface area contributed by atoms with Crippen LogP contribution in [0.4, 0.5) is 10.5 Å². The van der Waals surface area contributed by atoms with E-state index in [1.165, 1.54) is 5.56 Å². The number of carbonyl (C=O) groups is 1. The van der Waals surface area contributed by atoms with Crippen LogP contribution in [0.2, 0.25) is 0 Å². The lowest BCUT2D eigenvalue weighted by Gasteiger charge is -2.21. The van der Waals surface area contributed by atoms with Crippen LogP contribution in [-0.2, 0) is 0 Å². The molecule has 1 heterocycles. The zero-order valence-corrected chi connectivity index (χ0v) is 18.8. The van der Waals surface area contributed by atoms with E-state index in [0.717, 1.165) is 11.1 Å². The van der Waals surface area contributed by atoms with E-state index >= 15 is 0 Å². The fourth-order valence-electron chi connectivity index (χ4n) is 3.70. The lowest BCUT2D eigenvalue weighted by Crippen LogP contribution is -2.34. The summed E-state index contributed by atoms with van der Waals surface area (Å²) in [6.45, 7) is 2.05. The van der Waals surface area contributed by atoms with Gasteiger partial charge in [-0.2, -0.15) is 0 Å². The van der Waals surface area contributed by atoms with Crippen molar-refractivity contribution >= 4 is 17.4 Å². The highest BCUT2D eigenvalue weighted by Gasteiger charge is 2.20. The summed E-state index contributed by atoms with van der Waals surface area (Å²) in [7, 11) is 0. The molecule has 6 heteroatoms. The van der Waals surface area contributed by atoms with Crippen molar-refractivity contribution in [3.8, 4) is 16.9 Å². The number of carbonyl (C=O) groups excluding carboxylic acids is 1. The van der Waals surface area contributed by atoms with Gasteiger partial charge in [-0.25, -0.2) is 4.79 Å². The molecule has 0 saturated heterocycles. The minimum atomic E-state index is -0.597. The van der Waals surface area contributed by atoms with Gasteiger partial charge in [0.05, 0.1) is 6.04 Å². The maximum atomic E-state index is 12.8. The average Bonchev–Trinajstić information content (AvgIpc) is 2.85. The van der Waals surface area contributed by atoms with Crippen molar-refractivity contribution in [3.63, 3.8) is 0 Å². The molecule has 0 aliphatic carbocycles. The second-order valence-corrected chi connectivity index (χ2v) is 8.08. The number of aromatic hydroxyl groups is 1. The first kappa shape index (κ1) is 22.7. The van der Waals surface area contributed by atoms with E-state index in [2.05, 4.69) is 46.8 Å². The van der Waals surface area contributed by atoms with Gasteiger partial charge in [0.25, 0.3) is 0 Å². The van der Waals surface area contributed by atoms with E-state index in [-0.39, 0.29) is 12.2 Å². The molecular weight excluding hydrogens is 424 g/mol. The molecule has 3 aromatic carbocycles. The number of aryl methyl sites for hydroxylation is 1. The van der Waals surface area contributed by atoms with Crippen LogP contribution in [0.1, 0.15) is 29.2 Å². The molecule has 4 N–H and O–H groups in total. The topological polar surface area (TPSA) is 98.1 Å². The number of para-hydroxylation sites is 1. The Morgan fingerprint density at radius 2 is 1.62 bits per heavy atom. The molecule has 0 aliphatic rings. The van der Waals surface area contributed by atoms with E-state index in [4.69, 9.17) is 5.41 Å². The van der Waals surface area contributed by atoms with E-state index in [1.807, 2.05) is 24.3 Å². The van der Waals surface area contributed by atoms with Gasteiger partial charge in [0.1, 0.15) is 5.75 Å². The van der Waals surface area contributed by atoms with Gasteiger partial charge in [-0.3, -0.25) is 4.98 Å². The average molecular weight is 451 g/mol. The number of nitrogens with one attached hydrogen (secondary N) is 3. The molecule has 2 amide bonds. The number of amides is 2. The molecule has 170 valence electrons. The van der Waals surface area contributed by atoms with Crippen LogP contribution in [0.25, 0.3) is 11.1 Å². The Hall–Kier alpha value is -4.45. The van der Waals surface area contributed by atoms with E-state index in [1.54, 1.807) is 48.8 Å². The van der Waals surface area contributed by atoms with Crippen molar-refractivity contribution in [1.82, 2.24) is 10.3 Å². The summed E-state index contributed by atoms with van der Waals surface area (Å²) in [4.78, 5) is 16.9. The van der Waals surface area contributed by atoms with Crippen molar-refractivity contribution < 1.29 is 9.90 Å². The largest absolute Gasteiger partial charge is 0.508 e. The SMILES string of the molecule is Cc1ccc(-c2ccc(NC(=O)NC(CC(=N)c3cccnc3)c3ccccc3O)cc2)cc1. The van der Waals surface area contributed by atoms with Crippen molar-refractivity contribution in [3.05, 3.63) is 114 Å². The van der Waals surface area contributed by atoms with Gasteiger partial charge in [-0.1, -0.05) is 66.2 Å². The number of hydrogen-bond donors (Lipinski definition) is 4. The highest BCUT2D eigenvalue weighted by atomic mass is 16.3. The molecular formula is C28H26N4O2. The number of hydrogen-bond acceptors (Lipinski definition) is 4. The van der Waals surface area contributed by atoms with Crippen molar-refractivity contribution in [1.29, 1.82) is 5.41 Å². The quantitative estimate of drug-likeness (QED) is 0.257. The van der Waals surface area contributed by atoms with Crippen molar-refractivity contribution in [2.45, 2.75) is 19.4 Å².